The highest BCUT2D eigenvalue weighted by Gasteiger charge is 2.31. The van der Waals surface area contributed by atoms with Crippen LogP contribution in [0.15, 0.2) is 48.5 Å². The van der Waals surface area contributed by atoms with Crippen LogP contribution in [0.2, 0.25) is 0 Å². The molecule has 2 aliphatic heterocycles. The second-order valence-corrected chi connectivity index (χ2v) is 8.49. The summed E-state index contributed by atoms with van der Waals surface area (Å²) >= 11 is 1.78. The van der Waals surface area contributed by atoms with Crippen LogP contribution in [0.25, 0.3) is 10.2 Å². The first-order valence-corrected chi connectivity index (χ1v) is 10.6. The molecule has 0 aliphatic carbocycles. The fourth-order valence-corrected chi connectivity index (χ4v) is 5.49. The van der Waals surface area contributed by atoms with E-state index >= 15 is 0 Å². The lowest BCUT2D eigenvalue weighted by Crippen LogP contribution is -2.43. The fourth-order valence-electron chi connectivity index (χ4n) is 4.35. The predicted molar refractivity (Wildman–Crippen MR) is 110 cm³/mol. The Bertz CT molecular complexity index is 949. The maximum absolute atomic E-state index is 13.1. The summed E-state index contributed by atoms with van der Waals surface area (Å²) in [6, 6.07) is 16.9. The third-order valence-electron chi connectivity index (χ3n) is 5.74. The zero-order valence-electron chi connectivity index (χ0n) is 15.3. The molecule has 27 heavy (non-hydrogen) atoms. The minimum Gasteiger partial charge on any atom is -0.311 e. The maximum atomic E-state index is 13.1. The second-order valence-electron chi connectivity index (χ2n) is 7.43. The van der Waals surface area contributed by atoms with Gasteiger partial charge in [0.2, 0.25) is 5.91 Å². The van der Waals surface area contributed by atoms with Gasteiger partial charge in [-0.2, -0.15) is 0 Å². The molecule has 0 saturated carbocycles. The lowest BCUT2D eigenvalue weighted by molar-refractivity contribution is -0.120. The van der Waals surface area contributed by atoms with Crippen molar-refractivity contribution in [2.45, 2.75) is 31.7 Å². The zero-order valence-corrected chi connectivity index (χ0v) is 16.1. The Hall–Kier alpha value is -2.24. The molecular weight excluding hydrogens is 354 g/mol. The van der Waals surface area contributed by atoms with E-state index in [1.807, 2.05) is 17.0 Å². The molecule has 1 fully saturated rings. The Morgan fingerprint density at radius 1 is 1.07 bits per heavy atom. The quantitative estimate of drug-likeness (QED) is 0.678. The number of rotatable bonds is 3. The summed E-state index contributed by atoms with van der Waals surface area (Å²) in [5.74, 6) is 0.216. The van der Waals surface area contributed by atoms with E-state index in [1.54, 1.807) is 11.3 Å². The predicted octanol–water partition coefficient (Wildman–Crippen LogP) is 4.41. The molecule has 1 amide bonds. The maximum Gasteiger partial charge on any atom is 0.241 e. The van der Waals surface area contributed by atoms with Crippen LogP contribution < -0.4 is 4.90 Å². The van der Waals surface area contributed by atoms with Gasteiger partial charge in [-0.05, 0) is 49.6 Å². The molecule has 1 saturated heterocycles. The molecule has 0 radical (unpaired) electrons. The normalized spacial score (nSPS) is 20.1. The van der Waals surface area contributed by atoms with Gasteiger partial charge in [-0.1, -0.05) is 36.8 Å². The number of likely N-dealkylation sites (tertiary alicyclic amines) is 1. The number of piperidine rings is 1. The largest absolute Gasteiger partial charge is 0.311 e. The van der Waals surface area contributed by atoms with Gasteiger partial charge in [0.1, 0.15) is 5.01 Å². The van der Waals surface area contributed by atoms with Crippen molar-refractivity contribution >= 4 is 33.1 Å². The van der Waals surface area contributed by atoms with E-state index in [0.29, 0.717) is 6.54 Å². The molecule has 2 aromatic carbocycles. The van der Waals surface area contributed by atoms with Gasteiger partial charge in [0.05, 0.1) is 22.8 Å². The van der Waals surface area contributed by atoms with Crippen LogP contribution in [0.5, 0.6) is 0 Å². The smallest absolute Gasteiger partial charge is 0.241 e. The number of amides is 1. The van der Waals surface area contributed by atoms with Crippen LogP contribution in [0.1, 0.15) is 35.9 Å². The summed E-state index contributed by atoms with van der Waals surface area (Å²) in [5.41, 5.74) is 3.45. The molecule has 1 atom stereocenters. The minimum absolute atomic E-state index is 0.216. The van der Waals surface area contributed by atoms with Crippen molar-refractivity contribution in [2.24, 2.45) is 0 Å². The number of para-hydroxylation sites is 2. The topological polar surface area (TPSA) is 36.4 Å². The molecule has 3 aromatic rings. The first-order chi connectivity index (χ1) is 13.3. The molecule has 5 heteroatoms. The number of hydrogen-bond donors (Lipinski definition) is 0. The number of nitrogens with zero attached hydrogens (tertiary/aromatic N) is 3. The Morgan fingerprint density at radius 3 is 2.85 bits per heavy atom. The number of hydrogen-bond acceptors (Lipinski definition) is 4. The molecule has 1 aromatic heterocycles. The molecule has 0 N–H and O–H groups in total. The van der Waals surface area contributed by atoms with Gasteiger partial charge in [-0.3, -0.25) is 9.69 Å². The molecule has 138 valence electrons. The minimum atomic E-state index is 0.216. The van der Waals surface area contributed by atoms with E-state index in [2.05, 4.69) is 41.3 Å². The average Bonchev–Trinajstić information content (AvgIpc) is 3.32. The zero-order chi connectivity index (χ0) is 18.2. The number of benzene rings is 2. The van der Waals surface area contributed by atoms with Crippen molar-refractivity contribution in [3.8, 4) is 0 Å². The first kappa shape index (κ1) is 16.9. The molecule has 1 unspecified atom stereocenters. The molecule has 0 spiro atoms. The van der Waals surface area contributed by atoms with Crippen molar-refractivity contribution in [1.29, 1.82) is 0 Å². The van der Waals surface area contributed by atoms with Crippen LogP contribution in [-0.2, 0) is 11.2 Å². The number of aromatic nitrogens is 1. The van der Waals surface area contributed by atoms with Gasteiger partial charge in [0.25, 0.3) is 0 Å². The first-order valence-electron chi connectivity index (χ1n) is 9.77. The van der Waals surface area contributed by atoms with Crippen LogP contribution in [-0.4, -0.2) is 35.4 Å². The summed E-state index contributed by atoms with van der Waals surface area (Å²) in [6.45, 7) is 2.26. The lowest BCUT2D eigenvalue weighted by Gasteiger charge is -2.35. The summed E-state index contributed by atoms with van der Waals surface area (Å²) in [7, 11) is 0. The Morgan fingerprint density at radius 2 is 1.93 bits per heavy atom. The third kappa shape index (κ3) is 3.15. The molecular formula is C22H23N3OS. The highest BCUT2D eigenvalue weighted by atomic mass is 32.1. The van der Waals surface area contributed by atoms with Gasteiger partial charge in [0.15, 0.2) is 0 Å². The average molecular weight is 378 g/mol. The monoisotopic (exact) mass is 377 g/mol. The van der Waals surface area contributed by atoms with E-state index < -0.39 is 0 Å². The number of carbonyl (C=O) groups excluding carboxylic acids is 1. The number of anilines is 1. The second kappa shape index (κ2) is 7.06. The highest BCUT2D eigenvalue weighted by molar-refractivity contribution is 7.18. The van der Waals surface area contributed by atoms with Crippen molar-refractivity contribution in [2.75, 3.05) is 24.5 Å². The Kier molecular flexibility index (Phi) is 4.42. The standard InChI is InChI=1S/C22H23N3OS/c26-21(25-14-12-16-7-1-3-9-18(16)25)15-24-13-6-5-10-19(24)22-23-17-8-2-4-11-20(17)27-22/h1-4,7-9,11,19H,5-6,10,12-15H2. The summed E-state index contributed by atoms with van der Waals surface area (Å²) < 4.78 is 1.23. The van der Waals surface area contributed by atoms with E-state index in [4.69, 9.17) is 4.98 Å². The third-order valence-corrected chi connectivity index (χ3v) is 6.87. The fraction of sp³-hybridized carbons (Fsp3) is 0.364. The molecule has 5 rings (SSSR count). The Labute approximate surface area is 163 Å². The summed E-state index contributed by atoms with van der Waals surface area (Å²) in [4.78, 5) is 22.3. The SMILES string of the molecule is O=C(CN1CCCCC1c1nc2ccccc2s1)N1CCc2ccccc21. The Balaban J connectivity index is 1.37. The van der Waals surface area contributed by atoms with Gasteiger partial charge in [-0.15, -0.1) is 11.3 Å². The number of fused-ring (bicyclic) bond motifs is 2. The van der Waals surface area contributed by atoms with Crippen molar-refractivity contribution < 1.29 is 4.79 Å². The molecule has 3 heterocycles. The van der Waals surface area contributed by atoms with E-state index in [0.717, 1.165) is 48.6 Å². The summed E-state index contributed by atoms with van der Waals surface area (Å²) in [6.07, 6.45) is 4.41. The van der Waals surface area contributed by atoms with Crippen LogP contribution >= 0.6 is 11.3 Å². The van der Waals surface area contributed by atoms with Crippen LogP contribution in [0.3, 0.4) is 0 Å². The van der Waals surface area contributed by atoms with E-state index in [-0.39, 0.29) is 11.9 Å². The van der Waals surface area contributed by atoms with Crippen molar-refractivity contribution in [1.82, 2.24) is 9.88 Å². The van der Waals surface area contributed by atoms with Crippen LogP contribution in [0.4, 0.5) is 5.69 Å². The van der Waals surface area contributed by atoms with E-state index in [9.17, 15) is 4.79 Å². The van der Waals surface area contributed by atoms with Gasteiger partial charge in [0, 0.05) is 12.2 Å². The van der Waals surface area contributed by atoms with Gasteiger partial charge < -0.3 is 4.90 Å². The highest BCUT2D eigenvalue weighted by Crippen LogP contribution is 2.36. The van der Waals surface area contributed by atoms with Gasteiger partial charge in [-0.25, -0.2) is 4.98 Å². The lowest BCUT2D eigenvalue weighted by atomic mass is 10.0. The molecule has 0 bridgehead atoms. The van der Waals surface area contributed by atoms with Crippen molar-refractivity contribution in [3.63, 3.8) is 0 Å². The summed E-state index contributed by atoms with van der Waals surface area (Å²) in [5, 5.41) is 1.16. The van der Waals surface area contributed by atoms with Crippen molar-refractivity contribution in [3.05, 3.63) is 59.1 Å². The molecule has 4 nitrogen and oxygen atoms in total. The molecule has 2 aliphatic rings. The number of carbonyl (C=O) groups is 1. The van der Waals surface area contributed by atoms with Gasteiger partial charge >= 0.3 is 0 Å². The number of thiazole rings is 1. The van der Waals surface area contributed by atoms with E-state index in [1.165, 1.54) is 16.7 Å². The van der Waals surface area contributed by atoms with Crippen LogP contribution in [0, 0.1) is 0 Å².